The van der Waals surface area contributed by atoms with E-state index >= 15 is 0 Å². The SMILES string of the molecule is COC(=O)c1cccc(-c2ccc(/C=N/NC(=O)c3ccc(-n4c(C)ccc4-c4ccccc4)cc3)o2)c1C. The van der Waals surface area contributed by atoms with Gasteiger partial charge in [0.15, 0.2) is 0 Å². The number of furan rings is 1. The van der Waals surface area contributed by atoms with Crippen LogP contribution in [0.5, 0.6) is 0 Å². The summed E-state index contributed by atoms with van der Waals surface area (Å²) in [4.78, 5) is 24.7. The molecular weight excluding hydrogens is 490 g/mol. The van der Waals surface area contributed by atoms with Gasteiger partial charge in [-0.2, -0.15) is 5.10 Å². The molecule has 1 N–H and O–H groups in total. The predicted molar refractivity (Wildman–Crippen MR) is 151 cm³/mol. The van der Waals surface area contributed by atoms with Gasteiger partial charge in [0.05, 0.1) is 24.6 Å². The van der Waals surface area contributed by atoms with Crippen molar-refractivity contribution in [3.8, 4) is 28.3 Å². The topological polar surface area (TPSA) is 85.8 Å². The minimum Gasteiger partial charge on any atom is -0.465 e. The molecule has 2 aromatic heterocycles. The Kier molecular flexibility index (Phi) is 7.23. The van der Waals surface area contributed by atoms with Crippen LogP contribution in [0.15, 0.2) is 107 Å². The van der Waals surface area contributed by atoms with Crippen LogP contribution < -0.4 is 5.43 Å². The van der Waals surface area contributed by atoms with Crippen LogP contribution in [0.2, 0.25) is 0 Å². The highest BCUT2D eigenvalue weighted by Gasteiger charge is 2.15. The first-order valence-corrected chi connectivity index (χ1v) is 12.4. The average molecular weight is 518 g/mol. The Hall–Kier alpha value is -5.17. The van der Waals surface area contributed by atoms with Crippen LogP contribution in [0.25, 0.3) is 28.3 Å². The number of ether oxygens (including phenoxy) is 1. The number of carbonyl (C=O) groups excluding carboxylic acids is 2. The lowest BCUT2D eigenvalue weighted by atomic mass is 10.0. The molecule has 0 aliphatic rings. The molecule has 3 aromatic carbocycles. The van der Waals surface area contributed by atoms with Crippen LogP contribution in [-0.2, 0) is 4.74 Å². The number of benzene rings is 3. The Labute approximate surface area is 226 Å². The summed E-state index contributed by atoms with van der Waals surface area (Å²) in [5, 5.41) is 4.05. The largest absolute Gasteiger partial charge is 0.465 e. The Morgan fingerprint density at radius 2 is 1.64 bits per heavy atom. The quantitative estimate of drug-likeness (QED) is 0.150. The van der Waals surface area contributed by atoms with Gasteiger partial charge in [-0.15, -0.1) is 0 Å². The standard InChI is InChI=1S/C32H27N3O4/c1-21-12-18-29(23-8-5-4-6-9-23)35(21)25-15-13-24(14-16-25)31(36)34-33-20-26-17-19-30(39-26)27-10-7-11-28(22(27)2)32(37)38-3/h4-20H,1-3H3,(H,34,36)/b33-20+. The minimum atomic E-state index is -0.404. The molecule has 1 amide bonds. The molecule has 194 valence electrons. The number of nitrogens with zero attached hydrogens (tertiary/aromatic N) is 2. The number of aryl methyl sites for hydroxylation is 1. The van der Waals surface area contributed by atoms with Gasteiger partial charge in [0.1, 0.15) is 11.5 Å². The lowest BCUT2D eigenvalue weighted by Gasteiger charge is -2.12. The molecule has 7 heteroatoms. The fourth-order valence-corrected chi connectivity index (χ4v) is 4.50. The number of amides is 1. The molecule has 39 heavy (non-hydrogen) atoms. The van der Waals surface area contributed by atoms with Gasteiger partial charge < -0.3 is 13.7 Å². The molecule has 0 bridgehead atoms. The number of esters is 1. The molecular formula is C32H27N3O4. The first-order chi connectivity index (χ1) is 19.0. The van der Waals surface area contributed by atoms with Crippen molar-refractivity contribution in [2.75, 3.05) is 7.11 Å². The summed E-state index contributed by atoms with van der Waals surface area (Å²) in [6.45, 7) is 3.89. The van der Waals surface area contributed by atoms with E-state index in [0.29, 0.717) is 22.6 Å². The maximum atomic E-state index is 12.7. The van der Waals surface area contributed by atoms with Crippen molar-refractivity contribution in [2.45, 2.75) is 13.8 Å². The summed E-state index contributed by atoms with van der Waals surface area (Å²) in [5.74, 6) is 0.300. The van der Waals surface area contributed by atoms with Crippen LogP contribution in [0, 0.1) is 13.8 Å². The molecule has 2 heterocycles. The molecule has 7 nitrogen and oxygen atoms in total. The highest BCUT2D eigenvalue weighted by atomic mass is 16.5. The van der Waals surface area contributed by atoms with Crippen molar-refractivity contribution in [3.63, 3.8) is 0 Å². The lowest BCUT2D eigenvalue weighted by Crippen LogP contribution is -2.17. The van der Waals surface area contributed by atoms with Crippen molar-refractivity contribution in [1.82, 2.24) is 9.99 Å². The Balaban J connectivity index is 1.27. The summed E-state index contributed by atoms with van der Waals surface area (Å²) in [7, 11) is 1.35. The van der Waals surface area contributed by atoms with Crippen LogP contribution in [0.4, 0.5) is 0 Å². The summed E-state index contributed by atoms with van der Waals surface area (Å²) in [6, 6.07) is 30.6. The maximum Gasteiger partial charge on any atom is 0.338 e. The Morgan fingerprint density at radius 1 is 0.872 bits per heavy atom. The normalized spacial score (nSPS) is 11.1. The number of hydrogen-bond acceptors (Lipinski definition) is 5. The highest BCUT2D eigenvalue weighted by Crippen LogP contribution is 2.28. The number of nitrogens with one attached hydrogen (secondary N) is 1. The molecule has 0 atom stereocenters. The van der Waals surface area contributed by atoms with Crippen LogP contribution in [0.3, 0.4) is 0 Å². The third-order valence-electron chi connectivity index (χ3n) is 6.52. The molecule has 0 saturated heterocycles. The number of rotatable bonds is 7. The fourth-order valence-electron chi connectivity index (χ4n) is 4.50. The van der Waals surface area contributed by atoms with E-state index in [1.165, 1.54) is 13.3 Å². The second-order valence-corrected chi connectivity index (χ2v) is 8.98. The maximum absolute atomic E-state index is 12.7. The summed E-state index contributed by atoms with van der Waals surface area (Å²) in [5.41, 5.74) is 9.30. The zero-order valence-corrected chi connectivity index (χ0v) is 21.8. The molecule has 0 aliphatic carbocycles. The third-order valence-corrected chi connectivity index (χ3v) is 6.52. The summed E-state index contributed by atoms with van der Waals surface area (Å²) < 4.78 is 12.9. The van der Waals surface area contributed by atoms with E-state index in [2.05, 4.69) is 46.3 Å². The molecule has 0 fully saturated rings. The molecule has 0 aliphatic heterocycles. The Bertz CT molecular complexity index is 1660. The van der Waals surface area contributed by atoms with Crippen LogP contribution in [0.1, 0.15) is 37.7 Å². The molecule has 0 saturated carbocycles. The molecule has 0 spiro atoms. The molecule has 0 radical (unpaired) electrons. The van der Waals surface area contributed by atoms with E-state index in [4.69, 9.17) is 9.15 Å². The van der Waals surface area contributed by atoms with E-state index < -0.39 is 5.97 Å². The Morgan fingerprint density at radius 3 is 2.38 bits per heavy atom. The minimum absolute atomic E-state index is 0.335. The van der Waals surface area contributed by atoms with Gasteiger partial charge in [-0.25, -0.2) is 10.2 Å². The number of carbonyl (C=O) groups is 2. The van der Waals surface area contributed by atoms with Crippen molar-refractivity contribution < 1.29 is 18.7 Å². The van der Waals surface area contributed by atoms with E-state index in [-0.39, 0.29) is 5.91 Å². The molecule has 5 aromatic rings. The monoisotopic (exact) mass is 517 g/mol. The van der Waals surface area contributed by atoms with Gasteiger partial charge in [-0.1, -0.05) is 42.5 Å². The van der Waals surface area contributed by atoms with Crippen molar-refractivity contribution in [1.29, 1.82) is 0 Å². The molecule has 5 rings (SSSR count). The smallest absolute Gasteiger partial charge is 0.338 e. The number of hydrogen-bond donors (Lipinski definition) is 1. The third kappa shape index (κ3) is 5.29. The average Bonchev–Trinajstić information content (AvgIpc) is 3.60. The van der Waals surface area contributed by atoms with Gasteiger partial charge >= 0.3 is 5.97 Å². The summed E-state index contributed by atoms with van der Waals surface area (Å²) in [6.07, 6.45) is 1.44. The summed E-state index contributed by atoms with van der Waals surface area (Å²) >= 11 is 0. The van der Waals surface area contributed by atoms with E-state index in [0.717, 1.165) is 33.8 Å². The van der Waals surface area contributed by atoms with Gasteiger partial charge in [-0.3, -0.25) is 4.79 Å². The zero-order chi connectivity index (χ0) is 27.4. The zero-order valence-electron chi connectivity index (χ0n) is 21.8. The lowest BCUT2D eigenvalue weighted by molar-refractivity contribution is 0.0599. The second-order valence-electron chi connectivity index (χ2n) is 8.98. The van der Waals surface area contributed by atoms with Crippen LogP contribution >= 0.6 is 0 Å². The number of aromatic nitrogens is 1. The fraction of sp³-hybridized carbons (Fsp3) is 0.0938. The first-order valence-electron chi connectivity index (χ1n) is 12.4. The van der Waals surface area contributed by atoms with Crippen molar-refractivity contribution >= 4 is 18.1 Å². The van der Waals surface area contributed by atoms with Crippen molar-refractivity contribution in [2.24, 2.45) is 5.10 Å². The van der Waals surface area contributed by atoms with Gasteiger partial charge in [0.25, 0.3) is 5.91 Å². The molecule has 0 unspecified atom stereocenters. The van der Waals surface area contributed by atoms with E-state index in [1.54, 1.807) is 36.4 Å². The highest BCUT2D eigenvalue weighted by molar-refractivity contribution is 5.95. The van der Waals surface area contributed by atoms with E-state index in [9.17, 15) is 9.59 Å². The van der Waals surface area contributed by atoms with Gasteiger partial charge in [0.2, 0.25) is 0 Å². The predicted octanol–water partition coefficient (Wildman–Crippen LogP) is 6.57. The van der Waals surface area contributed by atoms with Gasteiger partial charge in [0, 0.05) is 22.5 Å². The first kappa shape index (κ1) is 25.5. The van der Waals surface area contributed by atoms with E-state index in [1.807, 2.05) is 43.3 Å². The van der Waals surface area contributed by atoms with Crippen molar-refractivity contribution in [3.05, 3.63) is 125 Å². The van der Waals surface area contributed by atoms with Crippen LogP contribution in [-0.4, -0.2) is 29.8 Å². The number of hydrazone groups is 1. The number of methoxy groups -OCH3 is 1. The second kappa shape index (κ2) is 11.1. The van der Waals surface area contributed by atoms with Gasteiger partial charge in [-0.05, 0) is 79.6 Å².